The van der Waals surface area contributed by atoms with Gasteiger partial charge in [0.2, 0.25) is 0 Å². The van der Waals surface area contributed by atoms with Crippen LogP contribution in [0.1, 0.15) is 91.9 Å². The van der Waals surface area contributed by atoms with Crippen molar-refractivity contribution in [1.82, 2.24) is 0 Å². The summed E-state index contributed by atoms with van der Waals surface area (Å²) in [5.74, 6) is 0.548. The molecule has 0 spiro atoms. The zero-order valence-electron chi connectivity index (χ0n) is 15.9. The van der Waals surface area contributed by atoms with Gasteiger partial charge in [-0.1, -0.05) is 52.4 Å². The molecule has 0 aromatic carbocycles. The van der Waals surface area contributed by atoms with Crippen molar-refractivity contribution in [2.45, 2.75) is 104 Å². The van der Waals surface area contributed by atoms with Crippen molar-refractivity contribution in [1.29, 1.82) is 0 Å². The Kier molecular flexibility index (Phi) is 13.8. The van der Waals surface area contributed by atoms with Gasteiger partial charge in [-0.05, 0) is 52.7 Å². The van der Waals surface area contributed by atoms with E-state index in [2.05, 4.69) is 27.0 Å². The van der Waals surface area contributed by atoms with Crippen molar-refractivity contribution in [3.63, 3.8) is 0 Å². The zero-order valence-corrected chi connectivity index (χ0v) is 15.9. The predicted molar refractivity (Wildman–Crippen MR) is 98.0 cm³/mol. The second-order valence-corrected chi connectivity index (χ2v) is 6.40. The molecule has 0 fully saturated rings. The van der Waals surface area contributed by atoms with E-state index in [1.165, 1.54) is 51.4 Å². The summed E-state index contributed by atoms with van der Waals surface area (Å²) in [6.07, 6.45) is 12.2. The smallest absolute Gasteiger partial charge is 0.279 e. The number of hydrogen-bond donors (Lipinski definition) is 0. The Morgan fingerprint density at radius 1 is 0.696 bits per heavy atom. The molecule has 0 aromatic rings. The second kappa shape index (κ2) is 14.5. The fourth-order valence-electron chi connectivity index (χ4n) is 2.46. The van der Waals surface area contributed by atoms with Gasteiger partial charge >= 0.3 is 0 Å². The highest BCUT2D eigenvalue weighted by atomic mass is 16.7. The van der Waals surface area contributed by atoms with Crippen LogP contribution in [-0.4, -0.2) is 12.2 Å². The maximum Gasteiger partial charge on any atom is 0.279 e. The molecule has 0 aromatic heterocycles. The molecule has 0 aliphatic rings. The second-order valence-electron chi connectivity index (χ2n) is 6.40. The van der Waals surface area contributed by atoms with Crippen LogP contribution >= 0.6 is 0 Å². The molecule has 0 aliphatic heterocycles. The Labute approximate surface area is 144 Å². The summed E-state index contributed by atoms with van der Waals surface area (Å²) in [4.78, 5) is 0. The zero-order chi connectivity index (χ0) is 17.5. The predicted octanol–water partition coefficient (Wildman–Crippen LogP) is 6.70. The molecular weight excluding hydrogens is 288 g/mol. The van der Waals surface area contributed by atoms with E-state index in [-0.39, 0.29) is 24.1 Å². The summed E-state index contributed by atoms with van der Waals surface area (Å²) < 4.78 is 16.7. The summed E-state index contributed by atoms with van der Waals surface area (Å²) in [6, 6.07) is 0. The monoisotopic (exact) mass is 326 g/mol. The molecule has 2 unspecified atom stereocenters. The third-order valence-electron chi connectivity index (χ3n) is 3.82. The molecule has 3 nitrogen and oxygen atoms in total. The summed E-state index contributed by atoms with van der Waals surface area (Å²) in [7, 11) is 0. The largest absolute Gasteiger partial charge is 0.463 e. The van der Waals surface area contributed by atoms with E-state index in [0.717, 1.165) is 12.8 Å². The molecule has 23 heavy (non-hydrogen) atoms. The van der Waals surface area contributed by atoms with Gasteiger partial charge in [0.1, 0.15) is 0 Å². The van der Waals surface area contributed by atoms with Gasteiger partial charge in [-0.15, -0.1) is 0 Å². The molecule has 0 amide bonds. The quantitative estimate of drug-likeness (QED) is 0.233. The Bertz CT molecular complexity index is 282. The standard InChI is InChI=1S/C20H38O3/c1-7-9-11-13-15-17(3)21-19(5)23-20(6)22-18(4)16-14-12-10-8-2/h17-18H,5-16H2,1-4H3. The molecular formula is C20H38O3. The molecule has 0 rings (SSSR count). The summed E-state index contributed by atoms with van der Waals surface area (Å²) >= 11 is 0. The van der Waals surface area contributed by atoms with Gasteiger partial charge in [0.15, 0.2) is 0 Å². The minimum Gasteiger partial charge on any atom is -0.463 e. The first-order valence-electron chi connectivity index (χ1n) is 9.38. The third kappa shape index (κ3) is 14.2. The van der Waals surface area contributed by atoms with Crippen LogP contribution in [0.5, 0.6) is 0 Å². The number of unbranched alkanes of at least 4 members (excludes halogenated alkanes) is 6. The Morgan fingerprint density at radius 2 is 1.09 bits per heavy atom. The van der Waals surface area contributed by atoms with Crippen molar-refractivity contribution in [3.8, 4) is 0 Å². The lowest BCUT2D eigenvalue weighted by Gasteiger charge is -2.20. The van der Waals surface area contributed by atoms with E-state index >= 15 is 0 Å². The third-order valence-corrected chi connectivity index (χ3v) is 3.82. The van der Waals surface area contributed by atoms with E-state index in [9.17, 15) is 0 Å². The lowest BCUT2D eigenvalue weighted by molar-refractivity contribution is -0.0450. The first-order chi connectivity index (χ1) is 11.0. The topological polar surface area (TPSA) is 27.7 Å². The van der Waals surface area contributed by atoms with Gasteiger partial charge in [-0.25, -0.2) is 0 Å². The van der Waals surface area contributed by atoms with E-state index in [0.29, 0.717) is 0 Å². The molecule has 0 heterocycles. The molecule has 0 saturated carbocycles. The highest BCUT2D eigenvalue weighted by molar-refractivity contribution is 4.81. The molecule has 0 saturated heterocycles. The molecule has 0 radical (unpaired) electrons. The van der Waals surface area contributed by atoms with Crippen molar-refractivity contribution in [2.24, 2.45) is 0 Å². The van der Waals surface area contributed by atoms with Crippen molar-refractivity contribution in [2.75, 3.05) is 0 Å². The molecule has 0 N–H and O–H groups in total. The number of ether oxygens (including phenoxy) is 3. The SMILES string of the molecule is C=C(OC(=C)OC(C)CCCCCC)OC(C)CCCCCC. The molecule has 3 heteroatoms. The normalized spacial score (nSPS) is 13.2. The van der Waals surface area contributed by atoms with Gasteiger partial charge in [-0.2, -0.15) is 0 Å². The highest BCUT2D eigenvalue weighted by Crippen LogP contribution is 2.16. The first-order valence-corrected chi connectivity index (χ1v) is 9.38. The fourth-order valence-corrected chi connectivity index (χ4v) is 2.46. The van der Waals surface area contributed by atoms with E-state index < -0.39 is 0 Å². The van der Waals surface area contributed by atoms with E-state index in [1.54, 1.807) is 0 Å². The van der Waals surface area contributed by atoms with Crippen LogP contribution in [0, 0.1) is 0 Å². The summed E-state index contributed by atoms with van der Waals surface area (Å²) in [6.45, 7) is 16.1. The minimum atomic E-state index is 0.110. The average molecular weight is 327 g/mol. The summed E-state index contributed by atoms with van der Waals surface area (Å²) in [5.41, 5.74) is 0. The van der Waals surface area contributed by atoms with Crippen LogP contribution in [0.4, 0.5) is 0 Å². The van der Waals surface area contributed by atoms with Crippen LogP contribution in [0.15, 0.2) is 25.0 Å². The van der Waals surface area contributed by atoms with Crippen LogP contribution in [-0.2, 0) is 14.2 Å². The van der Waals surface area contributed by atoms with Crippen LogP contribution in [0.3, 0.4) is 0 Å². The van der Waals surface area contributed by atoms with Crippen molar-refractivity contribution >= 4 is 0 Å². The lowest BCUT2D eigenvalue weighted by atomic mass is 10.1. The summed E-state index contributed by atoms with van der Waals surface area (Å²) in [5, 5.41) is 0. The van der Waals surface area contributed by atoms with Gasteiger partial charge in [0, 0.05) is 0 Å². The maximum atomic E-state index is 5.64. The van der Waals surface area contributed by atoms with Gasteiger partial charge in [0.25, 0.3) is 11.9 Å². The molecule has 0 bridgehead atoms. The van der Waals surface area contributed by atoms with Crippen LogP contribution in [0.25, 0.3) is 0 Å². The fraction of sp³-hybridized carbons (Fsp3) is 0.800. The molecule has 2 atom stereocenters. The van der Waals surface area contributed by atoms with Gasteiger partial charge < -0.3 is 14.2 Å². The number of rotatable bonds is 16. The Morgan fingerprint density at radius 3 is 1.43 bits per heavy atom. The lowest BCUT2D eigenvalue weighted by Crippen LogP contribution is -2.12. The van der Waals surface area contributed by atoms with Crippen molar-refractivity contribution < 1.29 is 14.2 Å². The maximum absolute atomic E-state index is 5.64. The molecule has 0 aliphatic carbocycles. The Hall–Kier alpha value is -1.12. The number of hydrogen-bond acceptors (Lipinski definition) is 3. The van der Waals surface area contributed by atoms with E-state index in [4.69, 9.17) is 14.2 Å². The Balaban J connectivity index is 3.76. The van der Waals surface area contributed by atoms with Gasteiger partial charge in [0.05, 0.1) is 12.2 Å². The van der Waals surface area contributed by atoms with Gasteiger partial charge in [-0.3, -0.25) is 0 Å². The average Bonchev–Trinajstić information content (AvgIpc) is 2.47. The highest BCUT2D eigenvalue weighted by Gasteiger charge is 2.10. The van der Waals surface area contributed by atoms with Crippen LogP contribution < -0.4 is 0 Å². The minimum absolute atomic E-state index is 0.110. The van der Waals surface area contributed by atoms with Crippen LogP contribution in [0.2, 0.25) is 0 Å². The van der Waals surface area contributed by atoms with E-state index in [1.807, 2.05) is 13.8 Å². The molecule has 136 valence electrons. The first kappa shape index (κ1) is 21.9. The van der Waals surface area contributed by atoms with Crippen molar-refractivity contribution in [3.05, 3.63) is 25.0 Å².